The van der Waals surface area contributed by atoms with E-state index < -0.39 is 17.6 Å². The van der Waals surface area contributed by atoms with Gasteiger partial charge in [0.1, 0.15) is 11.8 Å². The number of pyridine rings is 1. The first-order chi connectivity index (χ1) is 14.9. The number of alkyl halides is 3. The SMILES string of the molecule is Fc1cc(CCNc2ncnc3nccnc23)ccc1Oc1cc(C(F)(F)F)ccn1. The molecule has 3 heterocycles. The molecule has 11 heteroatoms. The number of ether oxygens (including phenoxy) is 1. The molecule has 0 saturated heterocycles. The van der Waals surface area contributed by atoms with Gasteiger partial charge in [0.2, 0.25) is 5.88 Å². The first kappa shape index (κ1) is 20.4. The lowest BCUT2D eigenvalue weighted by Crippen LogP contribution is -2.08. The summed E-state index contributed by atoms with van der Waals surface area (Å²) < 4.78 is 57.9. The summed E-state index contributed by atoms with van der Waals surface area (Å²) in [5.74, 6) is -0.773. The highest BCUT2D eigenvalue weighted by atomic mass is 19.4. The minimum atomic E-state index is -4.54. The smallest absolute Gasteiger partial charge is 0.416 e. The number of nitrogens with one attached hydrogen (secondary N) is 1. The van der Waals surface area contributed by atoms with Gasteiger partial charge in [-0.1, -0.05) is 6.07 Å². The maximum atomic E-state index is 14.4. The first-order valence-electron chi connectivity index (χ1n) is 9.05. The molecule has 0 unspecified atom stereocenters. The van der Waals surface area contributed by atoms with Crippen molar-refractivity contribution in [3.05, 3.63) is 72.2 Å². The van der Waals surface area contributed by atoms with Gasteiger partial charge in [0.15, 0.2) is 23.0 Å². The highest BCUT2D eigenvalue weighted by molar-refractivity contribution is 5.81. The van der Waals surface area contributed by atoms with E-state index >= 15 is 0 Å². The van der Waals surface area contributed by atoms with Crippen LogP contribution in [0.2, 0.25) is 0 Å². The van der Waals surface area contributed by atoms with Gasteiger partial charge in [-0.25, -0.2) is 29.3 Å². The summed E-state index contributed by atoms with van der Waals surface area (Å²) in [6.07, 6.45) is 1.29. The Morgan fingerprint density at radius 3 is 2.55 bits per heavy atom. The molecule has 0 radical (unpaired) electrons. The topological polar surface area (TPSA) is 85.7 Å². The number of hydrogen-bond acceptors (Lipinski definition) is 7. The van der Waals surface area contributed by atoms with Crippen LogP contribution in [0.5, 0.6) is 11.6 Å². The van der Waals surface area contributed by atoms with Crippen molar-refractivity contribution in [1.82, 2.24) is 24.9 Å². The molecule has 31 heavy (non-hydrogen) atoms. The Balaban J connectivity index is 1.41. The van der Waals surface area contributed by atoms with Crippen LogP contribution in [-0.4, -0.2) is 31.5 Å². The summed E-state index contributed by atoms with van der Waals surface area (Å²) in [5, 5.41) is 3.11. The van der Waals surface area contributed by atoms with Crippen molar-refractivity contribution >= 4 is 17.0 Å². The molecule has 1 N–H and O–H groups in total. The van der Waals surface area contributed by atoms with E-state index in [9.17, 15) is 17.6 Å². The van der Waals surface area contributed by atoms with Gasteiger partial charge in [0, 0.05) is 31.2 Å². The second-order valence-electron chi connectivity index (χ2n) is 6.37. The quantitative estimate of drug-likeness (QED) is 0.453. The monoisotopic (exact) mass is 430 g/mol. The van der Waals surface area contributed by atoms with Crippen LogP contribution >= 0.6 is 0 Å². The lowest BCUT2D eigenvalue weighted by atomic mass is 10.1. The summed E-state index contributed by atoms with van der Waals surface area (Å²) in [6.45, 7) is 0.428. The predicted molar refractivity (Wildman–Crippen MR) is 103 cm³/mol. The second kappa shape index (κ2) is 8.46. The van der Waals surface area contributed by atoms with E-state index in [0.29, 0.717) is 41.6 Å². The Labute approximate surface area is 173 Å². The largest absolute Gasteiger partial charge is 0.436 e. The number of fused-ring (bicyclic) bond motifs is 1. The number of rotatable bonds is 6. The molecule has 0 fully saturated rings. The third kappa shape index (κ3) is 4.82. The van der Waals surface area contributed by atoms with Gasteiger partial charge in [-0.15, -0.1) is 0 Å². The van der Waals surface area contributed by atoms with E-state index in [1.165, 1.54) is 30.9 Å². The molecule has 0 aliphatic carbocycles. The molecular weight excluding hydrogens is 416 g/mol. The molecular formula is C20H14F4N6O. The zero-order valence-corrected chi connectivity index (χ0v) is 15.8. The van der Waals surface area contributed by atoms with Crippen molar-refractivity contribution in [3.8, 4) is 11.6 Å². The van der Waals surface area contributed by atoms with Gasteiger partial charge in [-0.2, -0.15) is 13.2 Å². The molecule has 7 nitrogen and oxygen atoms in total. The summed E-state index contributed by atoms with van der Waals surface area (Å²) in [7, 11) is 0. The maximum Gasteiger partial charge on any atom is 0.416 e. The van der Waals surface area contributed by atoms with Crippen molar-refractivity contribution in [3.63, 3.8) is 0 Å². The van der Waals surface area contributed by atoms with Crippen LogP contribution in [-0.2, 0) is 12.6 Å². The van der Waals surface area contributed by atoms with Crippen molar-refractivity contribution in [2.24, 2.45) is 0 Å². The summed E-state index contributed by atoms with van der Waals surface area (Å²) in [4.78, 5) is 20.1. The van der Waals surface area contributed by atoms with Crippen LogP contribution in [0.3, 0.4) is 0 Å². The highest BCUT2D eigenvalue weighted by Crippen LogP contribution is 2.32. The van der Waals surface area contributed by atoms with Gasteiger partial charge in [0.25, 0.3) is 0 Å². The zero-order chi connectivity index (χ0) is 21.8. The van der Waals surface area contributed by atoms with E-state index in [2.05, 4.69) is 30.2 Å². The number of anilines is 1. The van der Waals surface area contributed by atoms with E-state index in [1.54, 1.807) is 6.07 Å². The zero-order valence-electron chi connectivity index (χ0n) is 15.8. The molecule has 4 aromatic rings. The van der Waals surface area contributed by atoms with E-state index in [1.807, 2.05) is 0 Å². The van der Waals surface area contributed by atoms with Gasteiger partial charge in [0.05, 0.1) is 5.56 Å². The van der Waals surface area contributed by atoms with Crippen LogP contribution in [0, 0.1) is 5.82 Å². The minimum absolute atomic E-state index is 0.222. The van der Waals surface area contributed by atoms with Crippen LogP contribution in [0.15, 0.2) is 55.2 Å². The predicted octanol–water partition coefficient (Wildman–Crippen LogP) is 4.42. The third-order valence-electron chi connectivity index (χ3n) is 4.25. The highest BCUT2D eigenvalue weighted by Gasteiger charge is 2.31. The average molecular weight is 430 g/mol. The van der Waals surface area contributed by atoms with Gasteiger partial charge in [-0.05, 0) is 30.2 Å². The molecule has 1 aromatic carbocycles. The van der Waals surface area contributed by atoms with E-state index in [-0.39, 0.29) is 11.6 Å². The Morgan fingerprint density at radius 2 is 1.74 bits per heavy atom. The Hall–Kier alpha value is -3.89. The van der Waals surface area contributed by atoms with Crippen LogP contribution in [0.4, 0.5) is 23.4 Å². The fourth-order valence-electron chi connectivity index (χ4n) is 2.79. The first-order valence-corrected chi connectivity index (χ1v) is 9.05. The number of hydrogen-bond donors (Lipinski definition) is 1. The molecule has 0 atom stereocenters. The fraction of sp³-hybridized carbons (Fsp3) is 0.150. The Kier molecular flexibility index (Phi) is 5.56. The molecule has 0 spiro atoms. The summed E-state index contributed by atoms with van der Waals surface area (Å²) in [6, 6.07) is 5.74. The second-order valence-corrected chi connectivity index (χ2v) is 6.37. The number of nitrogens with zero attached hydrogens (tertiary/aromatic N) is 5. The molecule has 0 aliphatic rings. The lowest BCUT2D eigenvalue weighted by Gasteiger charge is -2.11. The van der Waals surface area contributed by atoms with Crippen LogP contribution in [0.25, 0.3) is 11.2 Å². The standard InChI is InChI=1S/C20H14F4N6O/c21-14-9-12(3-5-27-18-17-19(30-11-29-18)28-8-7-26-17)1-2-15(14)31-16-10-13(4-6-25-16)20(22,23)24/h1-2,4,6-11H,3,5H2,(H,27,28,29,30). The van der Waals surface area contributed by atoms with Crippen molar-refractivity contribution in [1.29, 1.82) is 0 Å². The Morgan fingerprint density at radius 1 is 0.903 bits per heavy atom. The third-order valence-corrected chi connectivity index (χ3v) is 4.25. The molecule has 0 aliphatic heterocycles. The Bertz CT molecular complexity index is 1210. The molecule has 158 valence electrons. The molecule has 0 amide bonds. The molecule has 3 aromatic heterocycles. The molecule has 4 rings (SSSR count). The van der Waals surface area contributed by atoms with Gasteiger partial charge >= 0.3 is 6.18 Å². The van der Waals surface area contributed by atoms with Crippen molar-refractivity contribution < 1.29 is 22.3 Å². The van der Waals surface area contributed by atoms with E-state index in [4.69, 9.17) is 4.74 Å². The summed E-state index contributed by atoms with van der Waals surface area (Å²) >= 11 is 0. The van der Waals surface area contributed by atoms with Crippen molar-refractivity contribution in [2.75, 3.05) is 11.9 Å². The van der Waals surface area contributed by atoms with E-state index in [0.717, 1.165) is 12.3 Å². The fourth-order valence-corrected chi connectivity index (χ4v) is 2.79. The van der Waals surface area contributed by atoms with Crippen molar-refractivity contribution in [2.45, 2.75) is 12.6 Å². The number of aromatic nitrogens is 5. The number of halogens is 4. The maximum absolute atomic E-state index is 14.4. The number of benzene rings is 1. The molecule has 0 saturated carbocycles. The van der Waals surface area contributed by atoms with Crippen LogP contribution in [0.1, 0.15) is 11.1 Å². The lowest BCUT2D eigenvalue weighted by molar-refractivity contribution is -0.137. The van der Waals surface area contributed by atoms with Crippen LogP contribution < -0.4 is 10.1 Å². The average Bonchev–Trinajstić information content (AvgIpc) is 2.75. The molecule has 0 bridgehead atoms. The summed E-state index contributed by atoms with van der Waals surface area (Å²) in [5.41, 5.74) is 0.700. The van der Waals surface area contributed by atoms with Gasteiger partial charge in [-0.3, -0.25) is 0 Å². The normalized spacial score (nSPS) is 11.5. The van der Waals surface area contributed by atoms with Gasteiger partial charge < -0.3 is 10.1 Å². The minimum Gasteiger partial charge on any atom is -0.436 e.